The van der Waals surface area contributed by atoms with Gasteiger partial charge in [-0.1, -0.05) is 0 Å². The lowest BCUT2D eigenvalue weighted by Crippen LogP contribution is -2.26. The van der Waals surface area contributed by atoms with E-state index in [-0.39, 0.29) is 16.7 Å². The average Bonchev–Trinajstić information content (AvgIpc) is 2.14. The number of hydrogen-bond acceptors (Lipinski definition) is 3. The maximum Gasteiger partial charge on any atom is 0.249 e. The molecular formula is C12H15N3O3. The highest BCUT2D eigenvalue weighted by Gasteiger charge is 2.24. The third-order valence-electron chi connectivity index (χ3n) is 2.99. The Morgan fingerprint density at radius 1 is 0.611 bits per heavy atom. The standard InChI is InChI=1S/C12H15N3O3/c1-4-7(10(13)16)5(2)9(12(15)18)6(3)8(4)11(14)17/h1-3H3,(H2,13,16)(H2,14,17)(H2,15,18). The van der Waals surface area contributed by atoms with Crippen molar-refractivity contribution >= 4 is 17.7 Å². The quantitative estimate of drug-likeness (QED) is 0.691. The molecule has 0 saturated carbocycles. The summed E-state index contributed by atoms with van der Waals surface area (Å²) in [7, 11) is 0. The van der Waals surface area contributed by atoms with Crippen molar-refractivity contribution < 1.29 is 14.4 Å². The lowest BCUT2D eigenvalue weighted by Gasteiger charge is -2.17. The zero-order valence-corrected chi connectivity index (χ0v) is 10.5. The lowest BCUT2D eigenvalue weighted by atomic mass is 9.87. The number of carbonyl (C=O) groups excluding carboxylic acids is 3. The van der Waals surface area contributed by atoms with Gasteiger partial charge in [0.05, 0.1) is 0 Å². The third kappa shape index (κ3) is 1.92. The fourth-order valence-corrected chi connectivity index (χ4v) is 2.33. The Balaban J connectivity index is 3.94. The molecule has 0 bridgehead atoms. The van der Waals surface area contributed by atoms with Crippen LogP contribution >= 0.6 is 0 Å². The van der Waals surface area contributed by atoms with E-state index in [2.05, 4.69) is 0 Å². The minimum absolute atomic E-state index is 0.114. The van der Waals surface area contributed by atoms with Crippen LogP contribution in [-0.2, 0) is 0 Å². The molecule has 1 rings (SSSR count). The largest absolute Gasteiger partial charge is 0.366 e. The van der Waals surface area contributed by atoms with Crippen LogP contribution in [0.5, 0.6) is 0 Å². The number of primary amides is 3. The lowest BCUT2D eigenvalue weighted by molar-refractivity contribution is 0.0998. The van der Waals surface area contributed by atoms with Gasteiger partial charge in [0.2, 0.25) is 17.7 Å². The maximum absolute atomic E-state index is 11.4. The second kappa shape index (κ2) is 4.48. The van der Waals surface area contributed by atoms with Crippen LogP contribution in [0.25, 0.3) is 0 Å². The van der Waals surface area contributed by atoms with Crippen molar-refractivity contribution in [2.45, 2.75) is 20.8 Å². The predicted octanol–water partition coefficient (Wildman–Crippen LogP) is -0.0914. The van der Waals surface area contributed by atoms with Crippen LogP contribution in [0, 0.1) is 20.8 Å². The first-order chi connectivity index (χ1) is 8.20. The van der Waals surface area contributed by atoms with Gasteiger partial charge in [0.25, 0.3) is 0 Å². The topological polar surface area (TPSA) is 129 Å². The molecule has 0 heterocycles. The first kappa shape index (κ1) is 13.7. The summed E-state index contributed by atoms with van der Waals surface area (Å²) in [4.78, 5) is 34.3. The molecule has 0 radical (unpaired) electrons. The summed E-state index contributed by atoms with van der Waals surface area (Å²) in [6.07, 6.45) is 0. The van der Waals surface area contributed by atoms with E-state index in [1.807, 2.05) is 0 Å². The van der Waals surface area contributed by atoms with Crippen LogP contribution in [-0.4, -0.2) is 17.7 Å². The molecule has 0 spiro atoms. The first-order valence-corrected chi connectivity index (χ1v) is 5.23. The zero-order valence-electron chi connectivity index (χ0n) is 10.5. The predicted molar refractivity (Wildman–Crippen MR) is 66.2 cm³/mol. The summed E-state index contributed by atoms with van der Waals surface area (Å²) in [6, 6.07) is 0. The third-order valence-corrected chi connectivity index (χ3v) is 2.99. The molecule has 18 heavy (non-hydrogen) atoms. The van der Waals surface area contributed by atoms with Gasteiger partial charge in [-0.25, -0.2) is 0 Å². The van der Waals surface area contributed by atoms with E-state index in [9.17, 15) is 14.4 Å². The van der Waals surface area contributed by atoms with Crippen LogP contribution in [0.1, 0.15) is 47.8 Å². The summed E-state index contributed by atoms with van der Waals surface area (Å²) in [6.45, 7) is 4.68. The molecule has 0 aliphatic heterocycles. The highest BCUT2D eigenvalue weighted by Crippen LogP contribution is 2.26. The van der Waals surface area contributed by atoms with Gasteiger partial charge in [0.1, 0.15) is 0 Å². The Bertz CT molecular complexity index is 474. The number of hydrogen-bond donors (Lipinski definition) is 3. The van der Waals surface area contributed by atoms with Crippen molar-refractivity contribution in [2.75, 3.05) is 0 Å². The number of benzene rings is 1. The van der Waals surface area contributed by atoms with E-state index < -0.39 is 17.7 Å². The molecule has 0 aliphatic rings. The van der Waals surface area contributed by atoms with Crippen LogP contribution in [0.15, 0.2) is 0 Å². The van der Waals surface area contributed by atoms with Crippen molar-refractivity contribution in [1.82, 2.24) is 0 Å². The first-order valence-electron chi connectivity index (χ1n) is 5.23. The van der Waals surface area contributed by atoms with Crippen molar-refractivity contribution in [3.05, 3.63) is 33.4 Å². The minimum Gasteiger partial charge on any atom is -0.366 e. The molecule has 0 saturated heterocycles. The van der Waals surface area contributed by atoms with E-state index in [0.717, 1.165) is 0 Å². The Labute approximate surface area is 104 Å². The SMILES string of the molecule is Cc1c(C(N)=O)c(C)c(C(N)=O)c(C)c1C(N)=O. The van der Waals surface area contributed by atoms with Gasteiger partial charge >= 0.3 is 0 Å². The summed E-state index contributed by atoms with van der Waals surface area (Å²) in [5.41, 5.74) is 17.2. The van der Waals surface area contributed by atoms with E-state index in [1.54, 1.807) is 20.8 Å². The molecule has 6 heteroatoms. The Morgan fingerprint density at radius 3 is 0.889 bits per heavy atom. The summed E-state index contributed by atoms with van der Waals surface area (Å²) in [5, 5.41) is 0. The van der Waals surface area contributed by atoms with Crippen molar-refractivity contribution in [2.24, 2.45) is 17.2 Å². The van der Waals surface area contributed by atoms with Gasteiger partial charge in [-0.2, -0.15) is 0 Å². The molecule has 0 atom stereocenters. The van der Waals surface area contributed by atoms with E-state index in [0.29, 0.717) is 16.7 Å². The number of rotatable bonds is 3. The van der Waals surface area contributed by atoms with Crippen molar-refractivity contribution in [1.29, 1.82) is 0 Å². The number of carbonyl (C=O) groups is 3. The minimum atomic E-state index is -0.727. The molecule has 0 aliphatic carbocycles. The van der Waals surface area contributed by atoms with E-state index in [4.69, 9.17) is 17.2 Å². The Hall–Kier alpha value is -2.37. The highest BCUT2D eigenvalue weighted by atomic mass is 16.2. The van der Waals surface area contributed by atoms with Gasteiger partial charge in [0.15, 0.2) is 0 Å². The molecule has 0 aromatic heterocycles. The molecule has 6 N–H and O–H groups in total. The summed E-state index contributed by atoms with van der Waals surface area (Å²) in [5.74, 6) is -2.18. The van der Waals surface area contributed by atoms with Gasteiger partial charge in [0, 0.05) is 16.7 Å². The highest BCUT2D eigenvalue weighted by molar-refractivity contribution is 6.08. The van der Waals surface area contributed by atoms with Gasteiger partial charge in [-0.3, -0.25) is 14.4 Å². The second-order valence-electron chi connectivity index (χ2n) is 4.09. The van der Waals surface area contributed by atoms with Crippen molar-refractivity contribution in [3.63, 3.8) is 0 Å². The fraction of sp³-hybridized carbons (Fsp3) is 0.250. The molecular weight excluding hydrogens is 234 g/mol. The summed E-state index contributed by atoms with van der Waals surface area (Å²) >= 11 is 0. The van der Waals surface area contributed by atoms with Crippen LogP contribution in [0.2, 0.25) is 0 Å². The van der Waals surface area contributed by atoms with Gasteiger partial charge in [-0.05, 0) is 37.5 Å². The molecule has 96 valence electrons. The normalized spacial score (nSPS) is 10.2. The Kier molecular flexibility index (Phi) is 3.41. The fourth-order valence-electron chi connectivity index (χ4n) is 2.33. The van der Waals surface area contributed by atoms with Crippen LogP contribution in [0.4, 0.5) is 0 Å². The molecule has 1 aromatic rings. The zero-order chi connectivity index (χ0) is 14.2. The molecule has 6 nitrogen and oxygen atoms in total. The maximum atomic E-state index is 11.4. The van der Waals surface area contributed by atoms with Crippen LogP contribution in [0.3, 0.4) is 0 Å². The summed E-state index contributed by atoms with van der Waals surface area (Å²) < 4.78 is 0. The van der Waals surface area contributed by atoms with E-state index >= 15 is 0 Å². The number of nitrogens with two attached hydrogens (primary N) is 3. The molecule has 0 unspecified atom stereocenters. The van der Waals surface area contributed by atoms with Gasteiger partial charge < -0.3 is 17.2 Å². The average molecular weight is 249 g/mol. The Morgan fingerprint density at radius 2 is 0.778 bits per heavy atom. The smallest absolute Gasteiger partial charge is 0.249 e. The van der Waals surface area contributed by atoms with E-state index in [1.165, 1.54) is 0 Å². The molecule has 0 fully saturated rings. The van der Waals surface area contributed by atoms with Gasteiger partial charge in [-0.15, -0.1) is 0 Å². The molecule has 3 amide bonds. The van der Waals surface area contributed by atoms with Crippen molar-refractivity contribution in [3.8, 4) is 0 Å². The van der Waals surface area contributed by atoms with Crippen LogP contribution < -0.4 is 17.2 Å². The number of amides is 3. The molecule has 1 aromatic carbocycles. The monoisotopic (exact) mass is 249 g/mol. The second-order valence-corrected chi connectivity index (χ2v) is 4.09.